The highest BCUT2D eigenvalue weighted by atomic mass is 32.2. The summed E-state index contributed by atoms with van der Waals surface area (Å²) in [6.07, 6.45) is 1.19. The zero-order valence-electron chi connectivity index (χ0n) is 10.3. The number of nitrogens with one attached hydrogen (secondary N) is 1. The third-order valence-electron chi connectivity index (χ3n) is 2.74. The molecule has 0 aromatic carbocycles. The summed E-state index contributed by atoms with van der Waals surface area (Å²) < 4.78 is 5.27. The van der Waals surface area contributed by atoms with Gasteiger partial charge in [-0.05, 0) is 25.3 Å². The summed E-state index contributed by atoms with van der Waals surface area (Å²) in [6, 6.07) is 0. The number of nitrogens with zero attached hydrogens (tertiary/aromatic N) is 3. The monoisotopic (exact) mass is 256 g/mol. The number of aromatic nitrogens is 2. The van der Waals surface area contributed by atoms with Crippen LogP contribution in [0.1, 0.15) is 25.1 Å². The Morgan fingerprint density at radius 2 is 2.35 bits per heavy atom. The maximum absolute atomic E-state index is 5.27. The Balaban J connectivity index is 1.82. The van der Waals surface area contributed by atoms with Gasteiger partial charge in [-0.15, -0.1) is 0 Å². The minimum Gasteiger partial charge on any atom is -0.338 e. The van der Waals surface area contributed by atoms with Crippen LogP contribution in [0.4, 0.5) is 0 Å². The van der Waals surface area contributed by atoms with Gasteiger partial charge in [0.15, 0.2) is 5.82 Å². The first-order valence-corrected chi connectivity index (χ1v) is 7.36. The maximum Gasteiger partial charge on any atom is 0.240 e. The summed E-state index contributed by atoms with van der Waals surface area (Å²) in [5.41, 5.74) is 0. The summed E-state index contributed by atoms with van der Waals surface area (Å²) in [6.45, 7) is 7.24. The Kier molecular flexibility index (Phi) is 5.28. The average molecular weight is 256 g/mol. The Hall–Kier alpha value is -0.590. The summed E-state index contributed by atoms with van der Waals surface area (Å²) in [5, 5.41) is 7.38. The lowest BCUT2D eigenvalue weighted by atomic mass is 10.4. The summed E-state index contributed by atoms with van der Waals surface area (Å²) in [5.74, 6) is 3.50. The van der Waals surface area contributed by atoms with E-state index in [4.69, 9.17) is 4.52 Å². The second kappa shape index (κ2) is 6.98. The van der Waals surface area contributed by atoms with E-state index in [1.165, 1.54) is 6.42 Å². The van der Waals surface area contributed by atoms with Crippen LogP contribution in [0.2, 0.25) is 0 Å². The van der Waals surface area contributed by atoms with E-state index in [0.29, 0.717) is 0 Å². The Morgan fingerprint density at radius 3 is 3.24 bits per heavy atom. The zero-order valence-corrected chi connectivity index (χ0v) is 11.1. The molecule has 1 N–H and O–H groups in total. The lowest BCUT2D eigenvalue weighted by Gasteiger charge is -2.16. The summed E-state index contributed by atoms with van der Waals surface area (Å²) >= 11 is 1.82. The van der Waals surface area contributed by atoms with Gasteiger partial charge in [-0.2, -0.15) is 16.7 Å². The molecule has 1 aromatic heterocycles. The van der Waals surface area contributed by atoms with E-state index < -0.39 is 0 Å². The minimum atomic E-state index is 0.749. The van der Waals surface area contributed by atoms with Gasteiger partial charge in [0.25, 0.3) is 0 Å². The van der Waals surface area contributed by atoms with Crippen LogP contribution in [0.5, 0.6) is 0 Å². The van der Waals surface area contributed by atoms with Crippen LogP contribution in [0.15, 0.2) is 4.52 Å². The van der Waals surface area contributed by atoms with Crippen molar-refractivity contribution < 1.29 is 4.52 Å². The molecule has 1 aliphatic heterocycles. The smallest absolute Gasteiger partial charge is 0.240 e. The molecule has 0 spiro atoms. The first kappa shape index (κ1) is 12.9. The van der Waals surface area contributed by atoms with E-state index in [1.54, 1.807) is 0 Å². The molecule has 0 bridgehead atoms. The number of hydrogen-bond donors (Lipinski definition) is 1. The Morgan fingerprint density at radius 1 is 1.41 bits per heavy atom. The van der Waals surface area contributed by atoms with Crippen LogP contribution in [0, 0.1) is 0 Å². The second-order valence-electron chi connectivity index (χ2n) is 4.12. The van der Waals surface area contributed by atoms with Crippen LogP contribution in [-0.2, 0) is 12.3 Å². The topological polar surface area (TPSA) is 54.2 Å². The van der Waals surface area contributed by atoms with Crippen molar-refractivity contribution in [1.82, 2.24) is 20.4 Å². The third-order valence-corrected chi connectivity index (χ3v) is 3.61. The predicted molar refractivity (Wildman–Crippen MR) is 68.9 cm³/mol. The zero-order chi connectivity index (χ0) is 11.9. The lowest BCUT2D eigenvalue weighted by molar-refractivity contribution is 0.238. The van der Waals surface area contributed by atoms with Crippen LogP contribution in [0.25, 0.3) is 0 Å². The van der Waals surface area contributed by atoms with Gasteiger partial charge in [-0.25, -0.2) is 0 Å². The van der Waals surface area contributed by atoms with E-state index in [-0.39, 0.29) is 0 Å². The molecule has 2 heterocycles. The molecule has 0 aliphatic carbocycles. The molecule has 5 nitrogen and oxygen atoms in total. The van der Waals surface area contributed by atoms with Gasteiger partial charge < -0.3 is 9.84 Å². The standard InChI is InChI=1S/C11H20N4OS/c1-2-17-9-10-13-11(16-14-10)8-15-6-3-4-12-5-7-15/h12H,2-9H2,1H3. The first-order valence-electron chi connectivity index (χ1n) is 6.20. The van der Waals surface area contributed by atoms with Crippen molar-refractivity contribution in [3.63, 3.8) is 0 Å². The van der Waals surface area contributed by atoms with Crippen LogP contribution < -0.4 is 5.32 Å². The first-order chi connectivity index (χ1) is 8.38. The highest BCUT2D eigenvalue weighted by Crippen LogP contribution is 2.10. The van der Waals surface area contributed by atoms with Crippen molar-refractivity contribution in [3.8, 4) is 0 Å². The van der Waals surface area contributed by atoms with Crippen molar-refractivity contribution in [2.75, 3.05) is 31.9 Å². The van der Waals surface area contributed by atoms with Crippen molar-refractivity contribution in [3.05, 3.63) is 11.7 Å². The molecule has 17 heavy (non-hydrogen) atoms. The molecule has 96 valence electrons. The number of hydrogen-bond acceptors (Lipinski definition) is 6. The Bertz CT molecular complexity index is 323. The fourth-order valence-corrected chi connectivity index (χ4v) is 2.36. The Labute approximate surface area is 106 Å². The molecule has 0 amide bonds. The van der Waals surface area contributed by atoms with E-state index in [0.717, 1.165) is 55.9 Å². The molecule has 0 unspecified atom stereocenters. The second-order valence-corrected chi connectivity index (χ2v) is 5.40. The van der Waals surface area contributed by atoms with Gasteiger partial charge in [0.2, 0.25) is 5.89 Å². The highest BCUT2D eigenvalue weighted by molar-refractivity contribution is 7.98. The normalized spacial score (nSPS) is 18.2. The molecule has 0 atom stereocenters. The van der Waals surface area contributed by atoms with Crippen LogP contribution >= 0.6 is 11.8 Å². The van der Waals surface area contributed by atoms with Crippen molar-refractivity contribution in [2.45, 2.75) is 25.6 Å². The minimum absolute atomic E-state index is 0.749. The van der Waals surface area contributed by atoms with Crippen LogP contribution in [-0.4, -0.2) is 47.0 Å². The highest BCUT2D eigenvalue weighted by Gasteiger charge is 2.13. The number of rotatable bonds is 5. The van der Waals surface area contributed by atoms with Gasteiger partial charge in [0.1, 0.15) is 0 Å². The van der Waals surface area contributed by atoms with Gasteiger partial charge in [0, 0.05) is 13.1 Å². The fraction of sp³-hybridized carbons (Fsp3) is 0.818. The fourth-order valence-electron chi connectivity index (χ4n) is 1.86. The van der Waals surface area contributed by atoms with Gasteiger partial charge in [0.05, 0.1) is 12.3 Å². The molecule has 1 aromatic rings. The van der Waals surface area contributed by atoms with E-state index in [9.17, 15) is 0 Å². The molecule has 6 heteroatoms. The summed E-state index contributed by atoms with van der Waals surface area (Å²) in [4.78, 5) is 6.78. The SMILES string of the molecule is CCSCc1noc(CN2CCCNCC2)n1. The molecule has 0 saturated carbocycles. The molecule has 2 rings (SSSR count). The van der Waals surface area contributed by atoms with Crippen molar-refractivity contribution >= 4 is 11.8 Å². The molecular weight excluding hydrogens is 236 g/mol. The molecule has 1 aliphatic rings. The van der Waals surface area contributed by atoms with Gasteiger partial charge >= 0.3 is 0 Å². The molecule has 1 fully saturated rings. The predicted octanol–water partition coefficient (Wildman–Crippen LogP) is 1.12. The average Bonchev–Trinajstić information content (AvgIpc) is 2.61. The van der Waals surface area contributed by atoms with E-state index in [1.807, 2.05) is 11.8 Å². The third kappa shape index (κ3) is 4.29. The molecular formula is C11H20N4OS. The summed E-state index contributed by atoms with van der Waals surface area (Å²) in [7, 11) is 0. The molecule has 1 saturated heterocycles. The molecule has 0 radical (unpaired) electrons. The number of thioether (sulfide) groups is 1. The quantitative estimate of drug-likeness (QED) is 0.852. The van der Waals surface area contributed by atoms with Crippen molar-refractivity contribution in [2.24, 2.45) is 0 Å². The van der Waals surface area contributed by atoms with Gasteiger partial charge in [-0.1, -0.05) is 12.1 Å². The van der Waals surface area contributed by atoms with Crippen LogP contribution in [0.3, 0.4) is 0 Å². The van der Waals surface area contributed by atoms with E-state index >= 15 is 0 Å². The van der Waals surface area contributed by atoms with Crippen molar-refractivity contribution in [1.29, 1.82) is 0 Å². The maximum atomic E-state index is 5.27. The van der Waals surface area contributed by atoms with Gasteiger partial charge in [-0.3, -0.25) is 4.90 Å². The largest absolute Gasteiger partial charge is 0.338 e. The van der Waals surface area contributed by atoms with E-state index in [2.05, 4.69) is 27.3 Å². The lowest BCUT2D eigenvalue weighted by Crippen LogP contribution is -2.27.